The Bertz CT molecular complexity index is 1090. The molecule has 0 saturated heterocycles. The van der Waals surface area contributed by atoms with Crippen LogP contribution >= 0.6 is 0 Å². The summed E-state index contributed by atoms with van der Waals surface area (Å²) >= 11 is 0. The van der Waals surface area contributed by atoms with Gasteiger partial charge in [0.2, 0.25) is 0 Å². The molecule has 0 saturated carbocycles. The minimum absolute atomic E-state index is 0.000208. The van der Waals surface area contributed by atoms with Crippen LogP contribution in [0.4, 0.5) is 15.8 Å². The fourth-order valence-corrected chi connectivity index (χ4v) is 3.83. The number of aryl methyl sites for hydroxylation is 2. The lowest BCUT2D eigenvalue weighted by Crippen LogP contribution is -2.15. The first-order chi connectivity index (χ1) is 13.2. The molecule has 0 spiro atoms. The minimum atomic E-state index is -3.84. The molecule has 5 nitrogen and oxygen atoms in total. The highest BCUT2D eigenvalue weighted by molar-refractivity contribution is 7.92. The van der Waals surface area contributed by atoms with E-state index in [1.807, 2.05) is 32.0 Å². The largest absolute Gasteiger partial charge is 0.322 e. The number of rotatable bonds is 5. The highest BCUT2D eigenvalue weighted by atomic mass is 32.2. The highest BCUT2D eigenvalue weighted by Gasteiger charge is 2.15. The minimum Gasteiger partial charge on any atom is -0.322 e. The molecule has 1 amide bonds. The smallest absolute Gasteiger partial charge is 0.261 e. The molecule has 7 heteroatoms. The SMILES string of the molecule is Cc1cc(C)cc(NC(=O)c2ccc(S(=O)(=O)Nc3ccc(F)cc3)cc2)c1. The predicted molar refractivity (Wildman–Crippen MR) is 108 cm³/mol. The number of carbonyl (C=O) groups excluding carboxylic acids is 1. The second kappa shape index (κ2) is 7.82. The van der Waals surface area contributed by atoms with Crippen molar-refractivity contribution in [2.45, 2.75) is 18.7 Å². The van der Waals surface area contributed by atoms with Crippen LogP contribution in [0.5, 0.6) is 0 Å². The van der Waals surface area contributed by atoms with Gasteiger partial charge < -0.3 is 5.32 Å². The average molecular weight is 398 g/mol. The molecule has 0 fully saturated rings. The van der Waals surface area contributed by atoms with Crippen LogP contribution in [0.2, 0.25) is 0 Å². The number of sulfonamides is 1. The van der Waals surface area contributed by atoms with E-state index in [2.05, 4.69) is 10.0 Å². The van der Waals surface area contributed by atoms with E-state index in [1.165, 1.54) is 36.4 Å². The zero-order chi connectivity index (χ0) is 20.3. The number of carbonyl (C=O) groups is 1. The van der Waals surface area contributed by atoms with E-state index >= 15 is 0 Å². The van der Waals surface area contributed by atoms with Crippen LogP contribution in [0.25, 0.3) is 0 Å². The van der Waals surface area contributed by atoms with Crippen molar-refractivity contribution >= 4 is 27.3 Å². The van der Waals surface area contributed by atoms with Gasteiger partial charge in [0, 0.05) is 16.9 Å². The average Bonchev–Trinajstić information content (AvgIpc) is 2.63. The molecule has 0 aromatic heterocycles. The Hall–Kier alpha value is -3.19. The number of hydrogen-bond donors (Lipinski definition) is 2. The van der Waals surface area contributed by atoms with Crippen LogP contribution in [-0.4, -0.2) is 14.3 Å². The summed E-state index contributed by atoms with van der Waals surface area (Å²) in [5.41, 5.74) is 3.32. The molecule has 0 atom stereocenters. The van der Waals surface area contributed by atoms with E-state index in [1.54, 1.807) is 0 Å². The molecule has 3 aromatic carbocycles. The number of anilines is 2. The monoisotopic (exact) mass is 398 g/mol. The number of nitrogens with one attached hydrogen (secondary N) is 2. The first-order valence-electron chi connectivity index (χ1n) is 8.51. The van der Waals surface area contributed by atoms with E-state index in [9.17, 15) is 17.6 Å². The molecular weight excluding hydrogens is 379 g/mol. The molecule has 0 aliphatic rings. The predicted octanol–water partition coefficient (Wildman–Crippen LogP) is 4.50. The lowest BCUT2D eigenvalue weighted by atomic mass is 10.1. The Morgan fingerprint density at radius 3 is 1.96 bits per heavy atom. The number of benzene rings is 3. The zero-order valence-electron chi connectivity index (χ0n) is 15.4. The van der Waals surface area contributed by atoms with Gasteiger partial charge in [0.15, 0.2) is 0 Å². The summed E-state index contributed by atoms with van der Waals surface area (Å²) in [5.74, 6) is -0.789. The fraction of sp³-hybridized carbons (Fsp3) is 0.0952. The van der Waals surface area contributed by atoms with Gasteiger partial charge in [0.05, 0.1) is 4.90 Å². The topological polar surface area (TPSA) is 75.3 Å². The van der Waals surface area contributed by atoms with Gasteiger partial charge in [0.25, 0.3) is 15.9 Å². The van der Waals surface area contributed by atoms with Crippen LogP contribution in [0.3, 0.4) is 0 Å². The number of hydrogen-bond acceptors (Lipinski definition) is 3. The standard InChI is InChI=1S/C21H19FN2O3S/c1-14-11-15(2)13-19(12-14)23-21(25)16-3-9-20(10-4-16)28(26,27)24-18-7-5-17(22)6-8-18/h3-13,24H,1-2H3,(H,23,25). The van der Waals surface area contributed by atoms with Crippen LogP contribution in [0.1, 0.15) is 21.5 Å². The van der Waals surface area contributed by atoms with Gasteiger partial charge in [-0.15, -0.1) is 0 Å². The lowest BCUT2D eigenvalue weighted by Gasteiger charge is -2.10. The highest BCUT2D eigenvalue weighted by Crippen LogP contribution is 2.19. The molecule has 3 rings (SSSR count). The summed E-state index contributed by atoms with van der Waals surface area (Å²) in [7, 11) is -3.84. The van der Waals surface area contributed by atoms with Gasteiger partial charge >= 0.3 is 0 Å². The van der Waals surface area contributed by atoms with Gasteiger partial charge in [-0.2, -0.15) is 0 Å². The van der Waals surface area contributed by atoms with E-state index in [4.69, 9.17) is 0 Å². The van der Waals surface area contributed by atoms with Crippen molar-refractivity contribution in [1.29, 1.82) is 0 Å². The van der Waals surface area contributed by atoms with E-state index in [0.29, 0.717) is 11.3 Å². The molecule has 28 heavy (non-hydrogen) atoms. The third-order valence-corrected chi connectivity index (χ3v) is 5.40. The molecular formula is C21H19FN2O3S. The third-order valence-electron chi connectivity index (χ3n) is 4.00. The van der Waals surface area contributed by atoms with Gasteiger partial charge in [-0.3, -0.25) is 9.52 Å². The zero-order valence-corrected chi connectivity index (χ0v) is 16.2. The summed E-state index contributed by atoms with van der Waals surface area (Å²) in [6.45, 7) is 3.88. The van der Waals surface area contributed by atoms with Gasteiger partial charge in [-0.1, -0.05) is 6.07 Å². The molecule has 144 valence electrons. The van der Waals surface area contributed by atoms with Crippen LogP contribution in [0, 0.1) is 19.7 Å². The van der Waals surface area contributed by atoms with Gasteiger partial charge in [0.1, 0.15) is 5.82 Å². The number of halogens is 1. The molecule has 0 heterocycles. The molecule has 0 aliphatic carbocycles. The Balaban J connectivity index is 1.74. The Kier molecular flexibility index (Phi) is 5.46. The Morgan fingerprint density at radius 2 is 1.39 bits per heavy atom. The van der Waals surface area contributed by atoms with Crippen LogP contribution in [0.15, 0.2) is 71.6 Å². The first-order valence-corrected chi connectivity index (χ1v) is 9.99. The summed E-state index contributed by atoms with van der Waals surface area (Å²) in [6, 6.07) is 16.3. The Labute approximate surface area is 163 Å². The fourth-order valence-electron chi connectivity index (χ4n) is 2.77. The van der Waals surface area contributed by atoms with E-state index in [0.717, 1.165) is 23.3 Å². The first kappa shape index (κ1) is 19.6. The molecule has 0 aliphatic heterocycles. The lowest BCUT2D eigenvalue weighted by molar-refractivity contribution is 0.102. The summed E-state index contributed by atoms with van der Waals surface area (Å²) in [4.78, 5) is 12.4. The summed E-state index contributed by atoms with van der Waals surface area (Å²) in [6.07, 6.45) is 0. The van der Waals surface area contributed by atoms with Crippen molar-refractivity contribution in [2.75, 3.05) is 10.0 Å². The van der Waals surface area contributed by atoms with Crippen molar-refractivity contribution in [3.63, 3.8) is 0 Å². The van der Waals surface area contributed by atoms with Crippen LogP contribution < -0.4 is 10.0 Å². The van der Waals surface area contributed by atoms with Crippen molar-refractivity contribution in [3.05, 3.63) is 89.2 Å². The van der Waals surface area contributed by atoms with Crippen LogP contribution in [-0.2, 0) is 10.0 Å². The van der Waals surface area contributed by atoms with Gasteiger partial charge in [-0.05, 0) is 85.6 Å². The Morgan fingerprint density at radius 1 is 0.821 bits per heavy atom. The second-order valence-electron chi connectivity index (χ2n) is 6.47. The van der Waals surface area contributed by atoms with E-state index < -0.39 is 15.8 Å². The van der Waals surface area contributed by atoms with Crippen molar-refractivity contribution < 1.29 is 17.6 Å². The normalized spacial score (nSPS) is 11.1. The quantitative estimate of drug-likeness (QED) is 0.665. The summed E-state index contributed by atoms with van der Waals surface area (Å²) in [5, 5.41) is 2.80. The molecule has 0 radical (unpaired) electrons. The van der Waals surface area contributed by atoms with E-state index in [-0.39, 0.29) is 16.5 Å². The van der Waals surface area contributed by atoms with Crippen molar-refractivity contribution in [1.82, 2.24) is 0 Å². The molecule has 2 N–H and O–H groups in total. The van der Waals surface area contributed by atoms with Crippen molar-refractivity contribution in [2.24, 2.45) is 0 Å². The molecule has 0 bridgehead atoms. The van der Waals surface area contributed by atoms with Gasteiger partial charge in [-0.25, -0.2) is 12.8 Å². The number of amides is 1. The maximum absolute atomic E-state index is 12.9. The second-order valence-corrected chi connectivity index (χ2v) is 8.15. The third kappa shape index (κ3) is 4.75. The van der Waals surface area contributed by atoms with Crippen molar-refractivity contribution in [3.8, 4) is 0 Å². The molecule has 3 aromatic rings. The maximum Gasteiger partial charge on any atom is 0.261 e. The molecule has 0 unspecified atom stereocenters. The summed E-state index contributed by atoms with van der Waals surface area (Å²) < 4.78 is 40.2. The maximum atomic E-state index is 12.9.